The van der Waals surface area contributed by atoms with Crippen molar-refractivity contribution in [1.29, 1.82) is 0 Å². The predicted octanol–water partition coefficient (Wildman–Crippen LogP) is 1.50. The van der Waals surface area contributed by atoms with Gasteiger partial charge in [-0.2, -0.15) is 5.10 Å². The number of rotatable bonds is 3. The van der Waals surface area contributed by atoms with Gasteiger partial charge in [0.25, 0.3) is 0 Å². The van der Waals surface area contributed by atoms with Crippen LogP contribution < -0.4 is 11.0 Å². The van der Waals surface area contributed by atoms with Gasteiger partial charge >= 0.3 is 5.69 Å². The summed E-state index contributed by atoms with van der Waals surface area (Å²) in [5.74, 6) is 0. The van der Waals surface area contributed by atoms with Gasteiger partial charge in [-0.25, -0.2) is 4.79 Å². The molecule has 0 saturated heterocycles. The number of benzene rings is 1. The van der Waals surface area contributed by atoms with Crippen LogP contribution in [0.15, 0.2) is 29.2 Å². The van der Waals surface area contributed by atoms with Crippen LogP contribution >= 0.6 is 0 Å². The number of aromatic nitrogens is 4. The van der Waals surface area contributed by atoms with E-state index in [-0.39, 0.29) is 5.69 Å². The van der Waals surface area contributed by atoms with E-state index in [1.165, 1.54) is 0 Å². The Balaban J connectivity index is 1.82. The third kappa shape index (κ3) is 1.88. The summed E-state index contributed by atoms with van der Waals surface area (Å²) in [7, 11) is 0. The highest BCUT2D eigenvalue weighted by atomic mass is 16.1. The highest BCUT2D eigenvalue weighted by Gasteiger charge is 2.02. The molecule has 18 heavy (non-hydrogen) atoms. The molecule has 0 bridgehead atoms. The molecule has 0 aliphatic rings. The standard InChI is InChI=1S/C12H13N5O/c1-7-8(6-14-17-7)5-13-9-2-3-10-11(4-9)16-12(18)15-10/h2-4,6,13H,5H2,1H3,(H,14,17)(H2,15,16,18). The zero-order valence-electron chi connectivity index (χ0n) is 9.87. The lowest BCUT2D eigenvalue weighted by Gasteiger charge is -2.05. The molecule has 6 nitrogen and oxygen atoms in total. The van der Waals surface area contributed by atoms with Crippen LogP contribution in [-0.2, 0) is 6.54 Å². The van der Waals surface area contributed by atoms with E-state index in [1.54, 1.807) is 6.20 Å². The fourth-order valence-corrected chi connectivity index (χ4v) is 1.89. The summed E-state index contributed by atoms with van der Waals surface area (Å²) in [6, 6.07) is 5.71. The molecule has 92 valence electrons. The molecule has 3 aromatic rings. The molecular weight excluding hydrogens is 230 g/mol. The summed E-state index contributed by atoms with van der Waals surface area (Å²) in [5.41, 5.74) is 4.56. The molecule has 2 heterocycles. The average molecular weight is 243 g/mol. The van der Waals surface area contributed by atoms with Crippen molar-refractivity contribution in [2.45, 2.75) is 13.5 Å². The Morgan fingerprint density at radius 3 is 2.89 bits per heavy atom. The first-order valence-corrected chi connectivity index (χ1v) is 5.67. The van der Waals surface area contributed by atoms with Crippen LogP contribution in [0.25, 0.3) is 11.0 Å². The van der Waals surface area contributed by atoms with Gasteiger partial charge in [-0.05, 0) is 25.1 Å². The number of nitrogens with one attached hydrogen (secondary N) is 4. The summed E-state index contributed by atoms with van der Waals surface area (Å²) in [4.78, 5) is 16.6. The number of anilines is 1. The van der Waals surface area contributed by atoms with E-state index in [0.29, 0.717) is 6.54 Å². The first kappa shape index (κ1) is 10.6. The van der Waals surface area contributed by atoms with Crippen molar-refractivity contribution >= 4 is 16.7 Å². The summed E-state index contributed by atoms with van der Waals surface area (Å²) >= 11 is 0. The van der Waals surface area contributed by atoms with Crippen molar-refractivity contribution in [3.63, 3.8) is 0 Å². The van der Waals surface area contributed by atoms with Crippen molar-refractivity contribution in [3.05, 3.63) is 46.1 Å². The van der Waals surface area contributed by atoms with Gasteiger partial charge in [0.05, 0.1) is 17.2 Å². The Morgan fingerprint density at radius 2 is 2.11 bits per heavy atom. The third-order valence-electron chi connectivity index (χ3n) is 2.93. The number of imidazole rings is 1. The second-order valence-electron chi connectivity index (χ2n) is 4.21. The number of hydrogen-bond acceptors (Lipinski definition) is 3. The molecule has 6 heteroatoms. The van der Waals surface area contributed by atoms with Gasteiger partial charge in [-0.3, -0.25) is 5.10 Å². The lowest BCUT2D eigenvalue weighted by atomic mass is 10.2. The van der Waals surface area contributed by atoms with E-state index < -0.39 is 0 Å². The van der Waals surface area contributed by atoms with Crippen LogP contribution in [0.3, 0.4) is 0 Å². The lowest BCUT2D eigenvalue weighted by molar-refractivity contribution is 1.04. The molecule has 0 aliphatic carbocycles. The Hall–Kier alpha value is -2.50. The number of aromatic amines is 3. The highest BCUT2D eigenvalue weighted by molar-refractivity contribution is 5.78. The smallest absolute Gasteiger partial charge is 0.323 e. The second kappa shape index (κ2) is 4.06. The van der Waals surface area contributed by atoms with Gasteiger partial charge in [0.2, 0.25) is 0 Å². The number of fused-ring (bicyclic) bond motifs is 1. The Labute approximate surface area is 102 Å². The molecule has 1 aromatic carbocycles. The predicted molar refractivity (Wildman–Crippen MR) is 69.6 cm³/mol. The maximum atomic E-state index is 11.1. The quantitative estimate of drug-likeness (QED) is 0.562. The molecule has 0 unspecified atom stereocenters. The summed E-state index contributed by atoms with van der Waals surface area (Å²) in [6.07, 6.45) is 1.80. The van der Waals surface area contributed by atoms with Crippen LogP contribution in [-0.4, -0.2) is 20.2 Å². The lowest BCUT2D eigenvalue weighted by Crippen LogP contribution is -2.00. The van der Waals surface area contributed by atoms with E-state index in [2.05, 4.69) is 25.5 Å². The fraction of sp³-hybridized carbons (Fsp3) is 0.167. The molecule has 3 rings (SSSR count). The minimum atomic E-state index is -0.187. The number of H-pyrrole nitrogens is 3. The number of hydrogen-bond donors (Lipinski definition) is 4. The summed E-state index contributed by atoms with van der Waals surface area (Å²) in [5, 5.41) is 10.2. The molecule has 4 N–H and O–H groups in total. The van der Waals surface area contributed by atoms with Gasteiger partial charge in [-0.15, -0.1) is 0 Å². The van der Waals surface area contributed by atoms with Gasteiger partial charge in [-0.1, -0.05) is 0 Å². The monoisotopic (exact) mass is 243 g/mol. The highest BCUT2D eigenvalue weighted by Crippen LogP contribution is 2.15. The molecule has 0 fully saturated rings. The van der Waals surface area contributed by atoms with Crippen molar-refractivity contribution in [2.75, 3.05) is 5.32 Å². The second-order valence-corrected chi connectivity index (χ2v) is 4.21. The minimum Gasteiger partial charge on any atom is -0.381 e. The molecule has 0 amide bonds. The van der Waals surface area contributed by atoms with E-state index in [4.69, 9.17) is 0 Å². The third-order valence-corrected chi connectivity index (χ3v) is 2.93. The summed E-state index contributed by atoms with van der Waals surface area (Å²) < 4.78 is 0. The van der Waals surface area contributed by atoms with Gasteiger partial charge < -0.3 is 15.3 Å². The Morgan fingerprint density at radius 1 is 1.28 bits per heavy atom. The van der Waals surface area contributed by atoms with Crippen molar-refractivity contribution in [3.8, 4) is 0 Å². The first-order chi connectivity index (χ1) is 8.72. The van der Waals surface area contributed by atoms with E-state index in [0.717, 1.165) is 28.0 Å². The van der Waals surface area contributed by atoms with Crippen LogP contribution in [0.1, 0.15) is 11.3 Å². The van der Waals surface area contributed by atoms with E-state index in [9.17, 15) is 4.79 Å². The SMILES string of the molecule is Cc1[nH]ncc1CNc1ccc2[nH]c(=O)[nH]c2c1. The largest absolute Gasteiger partial charge is 0.381 e. The maximum absolute atomic E-state index is 11.1. The van der Waals surface area contributed by atoms with Crippen molar-refractivity contribution in [2.24, 2.45) is 0 Å². The molecule has 0 radical (unpaired) electrons. The normalized spacial score (nSPS) is 10.9. The molecule has 0 spiro atoms. The van der Waals surface area contributed by atoms with Gasteiger partial charge in [0, 0.05) is 23.5 Å². The van der Waals surface area contributed by atoms with Crippen LogP contribution in [0, 0.1) is 6.92 Å². The topological polar surface area (TPSA) is 89.4 Å². The van der Waals surface area contributed by atoms with E-state index in [1.807, 2.05) is 25.1 Å². The van der Waals surface area contributed by atoms with E-state index >= 15 is 0 Å². The average Bonchev–Trinajstić information content (AvgIpc) is 2.90. The molecular formula is C12H13N5O. The van der Waals surface area contributed by atoms with Crippen molar-refractivity contribution < 1.29 is 0 Å². The van der Waals surface area contributed by atoms with Crippen LogP contribution in [0.4, 0.5) is 5.69 Å². The fourth-order valence-electron chi connectivity index (χ4n) is 1.89. The minimum absolute atomic E-state index is 0.187. The number of aryl methyl sites for hydroxylation is 1. The first-order valence-electron chi connectivity index (χ1n) is 5.67. The maximum Gasteiger partial charge on any atom is 0.323 e. The van der Waals surface area contributed by atoms with Crippen LogP contribution in [0.5, 0.6) is 0 Å². The van der Waals surface area contributed by atoms with Gasteiger partial charge in [0.1, 0.15) is 0 Å². The molecule has 0 saturated carbocycles. The molecule has 0 aliphatic heterocycles. The zero-order chi connectivity index (χ0) is 12.5. The molecule has 2 aromatic heterocycles. The van der Waals surface area contributed by atoms with Crippen LogP contribution in [0.2, 0.25) is 0 Å². The summed E-state index contributed by atoms with van der Waals surface area (Å²) in [6.45, 7) is 2.68. The molecule has 0 atom stereocenters. The number of nitrogens with zero attached hydrogens (tertiary/aromatic N) is 1. The Bertz CT molecular complexity index is 736. The zero-order valence-corrected chi connectivity index (χ0v) is 9.87. The van der Waals surface area contributed by atoms with Gasteiger partial charge in [0.15, 0.2) is 0 Å². The Kier molecular flexibility index (Phi) is 2.40. The van der Waals surface area contributed by atoms with Crippen molar-refractivity contribution in [1.82, 2.24) is 20.2 Å².